The summed E-state index contributed by atoms with van der Waals surface area (Å²) in [6.45, 7) is 2.14. The highest BCUT2D eigenvalue weighted by molar-refractivity contribution is 9.10. The van der Waals surface area contributed by atoms with Crippen LogP contribution < -0.4 is 5.73 Å². The lowest BCUT2D eigenvalue weighted by atomic mass is 10.3. The molecular weight excluding hydrogens is 242 g/mol. The highest BCUT2D eigenvalue weighted by atomic mass is 79.9. The second-order valence-electron chi connectivity index (χ2n) is 3.29. The minimum absolute atomic E-state index is 0.764. The summed E-state index contributed by atoms with van der Waals surface area (Å²) in [5, 5.41) is 0. The van der Waals surface area contributed by atoms with Crippen molar-refractivity contribution in [2.75, 3.05) is 5.73 Å². The summed E-state index contributed by atoms with van der Waals surface area (Å²) in [6, 6.07) is 3.86. The van der Waals surface area contributed by atoms with Gasteiger partial charge in [-0.1, -0.05) is 6.92 Å². The highest BCUT2D eigenvalue weighted by Crippen LogP contribution is 2.21. The molecule has 0 saturated heterocycles. The molecule has 0 fully saturated rings. The number of nitrogen functional groups attached to an aromatic ring is 1. The van der Waals surface area contributed by atoms with Crippen LogP contribution >= 0.6 is 15.9 Å². The number of nitrogens with zero attached hydrogens (tertiary/aromatic N) is 2. The molecule has 2 N–H and O–H groups in total. The highest BCUT2D eigenvalue weighted by Gasteiger charge is 2.07. The second kappa shape index (κ2) is 3.61. The fourth-order valence-electron chi connectivity index (χ4n) is 1.52. The molecule has 2 rings (SSSR count). The van der Waals surface area contributed by atoms with E-state index in [0.717, 1.165) is 34.5 Å². The van der Waals surface area contributed by atoms with Crippen molar-refractivity contribution in [1.82, 2.24) is 9.38 Å². The van der Waals surface area contributed by atoms with Crippen LogP contribution in [0.1, 0.15) is 19.2 Å². The number of fused-ring (bicyclic) bond motifs is 1. The SMILES string of the molecule is CCCc1nc(Br)c2ccc(N)cn12. The maximum atomic E-state index is 5.73. The van der Waals surface area contributed by atoms with Crippen LogP contribution in [0.5, 0.6) is 0 Å². The zero-order valence-corrected chi connectivity index (χ0v) is 9.58. The Labute approximate surface area is 91.1 Å². The lowest BCUT2D eigenvalue weighted by molar-refractivity contribution is 0.830. The molecule has 3 nitrogen and oxygen atoms in total. The quantitative estimate of drug-likeness (QED) is 0.895. The van der Waals surface area contributed by atoms with E-state index >= 15 is 0 Å². The normalized spacial score (nSPS) is 11.0. The first-order chi connectivity index (χ1) is 6.72. The Morgan fingerprint density at radius 2 is 2.29 bits per heavy atom. The minimum Gasteiger partial charge on any atom is -0.398 e. The van der Waals surface area contributed by atoms with Crippen LogP contribution in [0.4, 0.5) is 5.69 Å². The molecule has 0 unspecified atom stereocenters. The minimum atomic E-state index is 0.764. The summed E-state index contributed by atoms with van der Waals surface area (Å²) in [5.74, 6) is 1.06. The lowest BCUT2D eigenvalue weighted by Crippen LogP contribution is -1.95. The summed E-state index contributed by atoms with van der Waals surface area (Å²) in [4.78, 5) is 4.44. The van der Waals surface area contributed by atoms with Crippen molar-refractivity contribution >= 4 is 27.1 Å². The molecule has 0 aliphatic heterocycles. The smallest absolute Gasteiger partial charge is 0.132 e. The lowest BCUT2D eigenvalue weighted by Gasteiger charge is -2.00. The van der Waals surface area contributed by atoms with Crippen LogP contribution in [0, 0.1) is 0 Å². The molecule has 2 aromatic heterocycles. The van der Waals surface area contributed by atoms with Gasteiger partial charge in [0.15, 0.2) is 0 Å². The van der Waals surface area contributed by atoms with E-state index in [4.69, 9.17) is 5.73 Å². The van der Waals surface area contributed by atoms with Crippen LogP contribution in [0.2, 0.25) is 0 Å². The molecule has 0 bridgehead atoms. The maximum Gasteiger partial charge on any atom is 0.132 e. The average molecular weight is 254 g/mol. The predicted molar refractivity (Wildman–Crippen MR) is 61.3 cm³/mol. The molecule has 4 heteroatoms. The standard InChI is InChI=1S/C10H12BrN3/c1-2-3-9-13-10(11)8-5-4-7(12)6-14(8)9/h4-6H,2-3,12H2,1H3. The third-order valence-corrected chi connectivity index (χ3v) is 2.75. The number of pyridine rings is 1. The van der Waals surface area contributed by atoms with Gasteiger partial charge in [0.2, 0.25) is 0 Å². The number of rotatable bonds is 2. The zero-order chi connectivity index (χ0) is 10.1. The summed E-state index contributed by atoms with van der Waals surface area (Å²) < 4.78 is 2.93. The molecule has 0 aromatic carbocycles. The van der Waals surface area contributed by atoms with Gasteiger partial charge in [-0.05, 0) is 34.5 Å². The fourth-order valence-corrected chi connectivity index (χ4v) is 2.05. The molecule has 0 atom stereocenters. The van der Waals surface area contributed by atoms with E-state index in [1.54, 1.807) is 0 Å². The molecule has 2 aromatic rings. The van der Waals surface area contributed by atoms with Gasteiger partial charge in [0.05, 0.1) is 5.52 Å². The number of hydrogen-bond acceptors (Lipinski definition) is 2. The summed E-state index contributed by atoms with van der Waals surface area (Å²) in [7, 11) is 0. The number of anilines is 1. The van der Waals surface area contributed by atoms with Gasteiger partial charge in [0, 0.05) is 18.3 Å². The van der Waals surface area contributed by atoms with Gasteiger partial charge in [-0.3, -0.25) is 0 Å². The Bertz CT molecular complexity index is 462. The predicted octanol–water partition coefficient (Wildman–Crippen LogP) is 2.63. The summed E-state index contributed by atoms with van der Waals surface area (Å²) >= 11 is 3.44. The topological polar surface area (TPSA) is 43.3 Å². The van der Waals surface area contributed by atoms with E-state index in [1.807, 2.05) is 22.7 Å². The summed E-state index contributed by atoms with van der Waals surface area (Å²) in [6.07, 6.45) is 3.97. The van der Waals surface area contributed by atoms with Gasteiger partial charge < -0.3 is 10.1 Å². The van der Waals surface area contributed by atoms with Crippen molar-refractivity contribution in [1.29, 1.82) is 0 Å². The van der Waals surface area contributed by atoms with Crippen molar-refractivity contribution < 1.29 is 0 Å². The molecule has 0 radical (unpaired) electrons. The number of aromatic nitrogens is 2. The van der Waals surface area contributed by atoms with Gasteiger partial charge in [0.25, 0.3) is 0 Å². The number of halogens is 1. The molecule has 74 valence electrons. The van der Waals surface area contributed by atoms with Gasteiger partial charge in [0.1, 0.15) is 10.4 Å². The van der Waals surface area contributed by atoms with Crippen molar-refractivity contribution in [3.05, 3.63) is 28.8 Å². The first-order valence-corrected chi connectivity index (χ1v) is 5.43. The van der Waals surface area contributed by atoms with E-state index in [0.29, 0.717) is 0 Å². The largest absolute Gasteiger partial charge is 0.398 e. The Hall–Kier alpha value is -1.03. The Balaban J connectivity index is 2.66. The number of hydrogen-bond donors (Lipinski definition) is 1. The van der Waals surface area contributed by atoms with Crippen molar-refractivity contribution in [3.63, 3.8) is 0 Å². The fraction of sp³-hybridized carbons (Fsp3) is 0.300. The first kappa shape index (κ1) is 9.52. The van der Waals surface area contributed by atoms with E-state index in [9.17, 15) is 0 Å². The number of nitrogens with two attached hydrogens (primary N) is 1. The third-order valence-electron chi connectivity index (χ3n) is 2.16. The number of imidazole rings is 1. The van der Waals surface area contributed by atoms with Crippen molar-refractivity contribution in [3.8, 4) is 0 Å². The second-order valence-corrected chi connectivity index (χ2v) is 4.04. The molecule has 0 amide bonds. The molecule has 14 heavy (non-hydrogen) atoms. The third kappa shape index (κ3) is 1.50. The van der Waals surface area contributed by atoms with E-state index in [-0.39, 0.29) is 0 Å². The van der Waals surface area contributed by atoms with Crippen LogP contribution in [0.15, 0.2) is 22.9 Å². The number of aryl methyl sites for hydroxylation is 1. The Morgan fingerprint density at radius 1 is 1.50 bits per heavy atom. The molecule has 0 aliphatic rings. The van der Waals surface area contributed by atoms with Gasteiger partial charge in [-0.2, -0.15) is 0 Å². The average Bonchev–Trinajstić information content (AvgIpc) is 2.44. The Morgan fingerprint density at radius 3 is 3.00 bits per heavy atom. The van der Waals surface area contributed by atoms with Crippen molar-refractivity contribution in [2.24, 2.45) is 0 Å². The first-order valence-electron chi connectivity index (χ1n) is 4.64. The van der Waals surface area contributed by atoms with Crippen LogP contribution in [-0.4, -0.2) is 9.38 Å². The maximum absolute atomic E-state index is 5.73. The molecule has 0 saturated carbocycles. The summed E-state index contributed by atoms with van der Waals surface area (Å²) in [5.41, 5.74) is 7.57. The molecule has 0 spiro atoms. The molecule has 2 heterocycles. The molecular formula is C10H12BrN3. The van der Waals surface area contributed by atoms with E-state index < -0.39 is 0 Å². The van der Waals surface area contributed by atoms with Crippen LogP contribution in [-0.2, 0) is 6.42 Å². The van der Waals surface area contributed by atoms with Gasteiger partial charge in [-0.25, -0.2) is 4.98 Å². The van der Waals surface area contributed by atoms with E-state index in [2.05, 4.69) is 27.8 Å². The van der Waals surface area contributed by atoms with Crippen molar-refractivity contribution in [2.45, 2.75) is 19.8 Å². The van der Waals surface area contributed by atoms with Crippen LogP contribution in [0.25, 0.3) is 5.52 Å². The Kier molecular flexibility index (Phi) is 2.46. The van der Waals surface area contributed by atoms with Crippen LogP contribution in [0.3, 0.4) is 0 Å². The van der Waals surface area contributed by atoms with Gasteiger partial charge >= 0.3 is 0 Å². The monoisotopic (exact) mass is 253 g/mol. The zero-order valence-electron chi connectivity index (χ0n) is 8.00. The van der Waals surface area contributed by atoms with E-state index in [1.165, 1.54) is 0 Å². The van der Waals surface area contributed by atoms with Gasteiger partial charge in [-0.15, -0.1) is 0 Å². The molecule has 0 aliphatic carbocycles.